The van der Waals surface area contributed by atoms with Crippen LogP contribution < -0.4 is 10.5 Å². The van der Waals surface area contributed by atoms with Crippen LogP contribution in [0.15, 0.2) is 17.2 Å². The molecule has 94 valence electrons. The third-order valence-corrected chi connectivity index (χ3v) is 3.94. The van der Waals surface area contributed by atoms with Crippen molar-refractivity contribution in [1.82, 2.24) is 10.3 Å². The normalized spacial score (nSPS) is 22.2. The summed E-state index contributed by atoms with van der Waals surface area (Å²) in [5.41, 5.74) is 0.335. The highest BCUT2D eigenvalue weighted by Gasteiger charge is 2.46. The highest BCUT2D eigenvalue weighted by Crippen LogP contribution is 2.44. The monoisotopic (exact) mass is 257 g/mol. The number of sulfonamides is 1. The number of rotatable bonds is 3. The van der Waals surface area contributed by atoms with Crippen molar-refractivity contribution in [2.45, 2.75) is 31.2 Å². The minimum Gasteiger partial charge on any atom is -0.356 e. The Bertz CT molecular complexity index is 559. The van der Waals surface area contributed by atoms with Gasteiger partial charge in [0.15, 0.2) is 0 Å². The van der Waals surface area contributed by atoms with E-state index in [1.807, 2.05) is 0 Å². The van der Waals surface area contributed by atoms with Gasteiger partial charge in [-0.1, -0.05) is 13.8 Å². The summed E-state index contributed by atoms with van der Waals surface area (Å²) in [5.74, 6) is -0.310. The van der Waals surface area contributed by atoms with E-state index in [0.717, 1.165) is 6.42 Å². The molecule has 0 radical (unpaired) electrons. The van der Waals surface area contributed by atoms with Crippen LogP contribution in [-0.2, 0) is 10.0 Å². The second kappa shape index (κ2) is 3.58. The zero-order valence-electron chi connectivity index (χ0n) is 9.65. The number of hydrogen-bond donors (Lipinski definition) is 3. The Morgan fingerprint density at radius 3 is 2.59 bits per heavy atom. The summed E-state index contributed by atoms with van der Waals surface area (Å²) in [7, 11) is -3.76. The number of H-pyrrole nitrogens is 1. The van der Waals surface area contributed by atoms with E-state index in [4.69, 9.17) is 5.14 Å². The number of nitrogens with two attached hydrogens (primary N) is 1. The standard InChI is InChI=1S/C10H15N3O3S/c1-10(2)4-8(10)13-9(14)7-3-6(5-12-7)17(11,15)16/h3,5,8,12H,4H2,1-2H3,(H,13,14)(H2,11,15,16). The Morgan fingerprint density at radius 1 is 1.59 bits per heavy atom. The summed E-state index contributed by atoms with van der Waals surface area (Å²) in [6, 6.07) is 1.39. The van der Waals surface area contributed by atoms with Gasteiger partial charge in [-0.3, -0.25) is 4.79 Å². The lowest BCUT2D eigenvalue weighted by Gasteiger charge is -2.04. The molecule has 1 aliphatic carbocycles. The summed E-state index contributed by atoms with van der Waals surface area (Å²) in [6.07, 6.45) is 2.14. The molecule has 6 nitrogen and oxygen atoms in total. The molecule has 1 aliphatic rings. The number of carbonyl (C=O) groups excluding carboxylic acids is 1. The molecule has 0 bridgehead atoms. The molecule has 0 aromatic carbocycles. The highest BCUT2D eigenvalue weighted by molar-refractivity contribution is 7.89. The van der Waals surface area contributed by atoms with Crippen LogP contribution >= 0.6 is 0 Å². The summed E-state index contributed by atoms with van der Waals surface area (Å²) in [4.78, 5) is 14.3. The predicted molar refractivity (Wildman–Crippen MR) is 61.8 cm³/mol. The lowest BCUT2D eigenvalue weighted by atomic mass is 10.2. The summed E-state index contributed by atoms with van der Waals surface area (Å²) < 4.78 is 22.1. The average Bonchev–Trinajstić information content (AvgIpc) is 2.67. The number of amides is 1. The maximum absolute atomic E-state index is 11.7. The smallest absolute Gasteiger partial charge is 0.267 e. The van der Waals surface area contributed by atoms with Gasteiger partial charge < -0.3 is 10.3 Å². The van der Waals surface area contributed by atoms with E-state index in [1.54, 1.807) is 0 Å². The maximum Gasteiger partial charge on any atom is 0.267 e. The first-order valence-electron chi connectivity index (χ1n) is 5.22. The zero-order chi connectivity index (χ0) is 12.8. The number of aromatic nitrogens is 1. The van der Waals surface area contributed by atoms with Gasteiger partial charge in [0, 0.05) is 12.2 Å². The number of nitrogens with one attached hydrogen (secondary N) is 2. The predicted octanol–water partition coefficient (Wildman–Crippen LogP) is 0.190. The minimum absolute atomic E-state index is 0.0855. The van der Waals surface area contributed by atoms with Crippen molar-refractivity contribution in [2.75, 3.05) is 0 Å². The van der Waals surface area contributed by atoms with E-state index in [1.165, 1.54) is 12.3 Å². The molecule has 1 atom stereocenters. The fourth-order valence-electron chi connectivity index (χ4n) is 1.62. The van der Waals surface area contributed by atoms with Crippen molar-refractivity contribution in [3.8, 4) is 0 Å². The van der Waals surface area contributed by atoms with Crippen LogP contribution in [0.3, 0.4) is 0 Å². The molecule has 0 aliphatic heterocycles. The van der Waals surface area contributed by atoms with E-state index in [2.05, 4.69) is 24.1 Å². The molecule has 0 saturated heterocycles. The van der Waals surface area contributed by atoms with Crippen LogP contribution in [0.1, 0.15) is 30.8 Å². The van der Waals surface area contributed by atoms with Gasteiger partial charge >= 0.3 is 0 Å². The quantitative estimate of drug-likeness (QED) is 0.719. The van der Waals surface area contributed by atoms with Crippen LogP contribution in [0.2, 0.25) is 0 Å². The number of carbonyl (C=O) groups is 1. The molecular weight excluding hydrogens is 242 g/mol. The van der Waals surface area contributed by atoms with Crippen LogP contribution in [0.5, 0.6) is 0 Å². The van der Waals surface area contributed by atoms with Crippen LogP contribution in [-0.4, -0.2) is 25.4 Å². The SMILES string of the molecule is CC1(C)CC1NC(=O)c1cc(S(N)(=O)=O)c[nH]1. The van der Waals surface area contributed by atoms with Crippen LogP contribution in [0.25, 0.3) is 0 Å². The van der Waals surface area contributed by atoms with Gasteiger partial charge in [-0.15, -0.1) is 0 Å². The average molecular weight is 257 g/mol. The van der Waals surface area contributed by atoms with Gasteiger partial charge in [-0.05, 0) is 17.9 Å². The highest BCUT2D eigenvalue weighted by atomic mass is 32.2. The summed E-state index contributed by atoms with van der Waals surface area (Å²) >= 11 is 0. The van der Waals surface area contributed by atoms with Gasteiger partial charge in [0.05, 0.1) is 4.90 Å². The molecule has 1 heterocycles. The molecular formula is C10H15N3O3S. The van der Waals surface area contributed by atoms with Gasteiger partial charge in [-0.2, -0.15) is 0 Å². The van der Waals surface area contributed by atoms with E-state index >= 15 is 0 Å². The lowest BCUT2D eigenvalue weighted by molar-refractivity contribution is 0.0942. The largest absolute Gasteiger partial charge is 0.356 e. The lowest BCUT2D eigenvalue weighted by Crippen LogP contribution is -2.28. The topological polar surface area (TPSA) is 105 Å². The van der Waals surface area contributed by atoms with Gasteiger partial charge in [0.25, 0.3) is 5.91 Å². The third-order valence-electron chi connectivity index (χ3n) is 3.05. The fraction of sp³-hybridized carbons (Fsp3) is 0.500. The van der Waals surface area contributed by atoms with Crippen molar-refractivity contribution in [2.24, 2.45) is 10.6 Å². The van der Waals surface area contributed by atoms with Crippen molar-refractivity contribution >= 4 is 15.9 Å². The molecule has 17 heavy (non-hydrogen) atoms. The summed E-state index contributed by atoms with van der Waals surface area (Å²) in [5, 5.41) is 7.77. The Labute approximate surface area is 99.6 Å². The minimum atomic E-state index is -3.76. The van der Waals surface area contributed by atoms with Crippen molar-refractivity contribution in [3.05, 3.63) is 18.0 Å². The van der Waals surface area contributed by atoms with Crippen LogP contribution in [0, 0.1) is 5.41 Å². The molecule has 0 spiro atoms. The molecule has 1 fully saturated rings. The zero-order valence-corrected chi connectivity index (χ0v) is 10.5. The van der Waals surface area contributed by atoms with Crippen molar-refractivity contribution < 1.29 is 13.2 Å². The van der Waals surface area contributed by atoms with Crippen molar-refractivity contribution in [3.63, 3.8) is 0 Å². The molecule has 2 rings (SSSR count). The van der Waals surface area contributed by atoms with Gasteiger partial charge in [0.2, 0.25) is 10.0 Å². The first-order chi connectivity index (χ1) is 7.70. The van der Waals surface area contributed by atoms with Crippen molar-refractivity contribution in [1.29, 1.82) is 0 Å². The van der Waals surface area contributed by atoms with E-state index in [9.17, 15) is 13.2 Å². The fourth-order valence-corrected chi connectivity index (χ4v) is 2.12. The first-order valence-corrected chi connectivity index (χ1v) is 6.77. The summed E-state index contributed by atoms with van der Waals surface area (Å²) in [6.45, 7) is 4.12. The molecule has 7 heteroatoms. The van der Waals surface area contributed by atoms with E-state index in [0.29, 0.717) is 0 Å². The Hall–Kier alpha value is -1.34. The molecule has 1 saturated carbocycles. The number of aromatic amines is 1. The molecule has 1 aromatic heterocycles. The Balaban J connectivity index is 2.08. The number of hydrogen-bond acceptors (Lipinski definition) is 3. The molecule has 1 unspecified atom stereocenters. The second-order valence-electron chi connectivity index (χ2n) is 5.01. The van der Waals surface area contributed by atoms with Gasteiger partial charge in [-0.25, -0.2) is 13.6 Å². The maximum atomic E-state index is 11.7. The first kappa shape index (κ1) is 12.1. The third kappa shape index (κ3) is 2.50. The van der Waals surface area contributed by atoms with Crippen LogP contribution in [0.4, 0.5) is 0 Å². The second-order valence-corrected chi connectivity index (χ2v) is 6.57. The Kier molecular flexibility index (Phi) is 2.55. The Morgan fingerprint density at radius 2 is 2.18 bits per heavy atom. The van der Waals surface area contributed by atoms with E-state index in [-0.39, 0.29) is 28.0 Å². The van der Waals surface area contributed by atoms with Gasteiger partial charge in [0.1, 0.15) is 5.69 Å². The molecule has 1 aromatic rings. The van der Waals surface area contributed by atoms with E-state index < -0.39 is 10.0 Å². The number of primary sulfonamides is 1. The molecule has 1 amide bonds. The molecule has 4 N–H and O–H groups in total.